The summed E-state index contributed by atoms with van der Waals surface area (Å²) >= 11 is 1.66. The first-order chi connectivity index (χ1) is 11.2. The molecule has 2 aromatic rings. The predicted molar refractivity (Wildman–Crippen MR) is 88.5 cm³/mol. The summed E-state index contributed by atoms with van der Waals surface area (Å²) in [4.78, 5) is 11.6. The number of nitrogens with zero attached hydrogens (tertiary/aromatic N) is 4. The average Bonchev–Trinajstić information content (AvgIpc) is 3.17. The van der Waals surface area contributed by atoms with E-state index in [-0.39, 0.29) is 5.92 Å². The van der Waals surface area contributed by atoms with Crippen molar-refractivity contribution in [1.82, 2.24) is 20.0 Å². The lowest BCUT2D eigenvalue weighted by molar-refractivity contribution is 0.182. The average molecular weight is 336 g/mol. The Kier molecular flexibility index (Phi) is 5.40. The Balaban J connectivity index is 1.60. The molecule has 1 saturated heterocycles. The molecule has 7 heteroatoms. The molecule has 0 spiro atoms. The van der Waals surface area contributed by atoms with Crippen LogP contribution < -0.4 is 0 Å². The van der Waals surface area contributed by atoms with Crippen LogP contribution >= 0.6 is 11.3 Å². The number of aromatic nitrogens is 3. The van der Waals surface area contributed by atoms with E-state index in [0.29, 0.717) is 12.5 Å². The van der Waals surface area contributed by atoms with Gasteiger partial charge in [-0.15, -0.1) is 11.3 Å². The second-order valence-electron chi connectivity index (χ2n) is 6.39. The fourth-order valence-corrected chi connectivity index (χ4v) is 3.65. The third kappa shape index (κ3) is 4.16. The van der Waals surface area contributed by atoms with Crippen molar-refractivity contribution >= 4 is 11.3 Å². The van der Waals surface area contributed by atoms with Crippen LogP contribution in [0.1, 0.15) is 60.9 Å². The molecule has 6 nitrogen and oxygen atoms in total. The third-order valence-electron chi connectivity index (χ3n) is 4.07. The number of methoxy groups -OCH3 is 1. The maximum absolute atomic E-state index is 5.36. The van der Waals surface area contributed by atoms with Crippen LogP contribution in [0.15, 0.2) is 9.90 Å². The molecular weight excluding hydrogens is 312 g/mol. The lowest BCUT2D eigenvalue weighted by Gasteiger charge is -2.30. The molecule has 23 heavy (non-hydrogen) atoms. The van der Waals surface area contributed by atoms with Crippen molar-refractivity contribution in [2.24, 2.45) is 0 Å². The van der Waals surface area contributed by atoms with Gasteiger partial charge in [0.25, 0.3) is 0 Å². The molecule has 126 valence electrons. The number of ether oxygens (including phenoxy) is 1. The zero-order valence-corrected chi connectivity index (χ0v) is 14.8. The van der Waals surface area contributed by atoms with Crippen LogP contribution in [-0.4, -0.2) is 40.2 Å². The molecule has 2 aromatic heterocycles. The number of hydrogen-bond acceptors (Lipinski definition) is 7. The van der Waals surface area contributed by atoms with Crippen molar-refractivity contribution in [3.63, 3.8) is 0 Å². The predicted octanol–water partition coefficient (Wildman–Crippen LogP) is 3.18. The van der Waals surface area contributed by atoms with Crippen LogP contribution in [0.5, 0.6) is 0 Å². The Morgan fingerprint density at radius 3 is 3.04 bits per heavy atom. The van der Waals surface area contributed by atoms with E-state index < -0.39 is 0 Å². The molecule has 0 amide bonds. The molecule has 1 unspecified atom stereocenters. The summed E-state index contributed by atoms with van der Waals surface area (Å²) in [5.74, 6) is 2.24. The minimum Gasteiger partial charge on any atom is -0.378 e. The fraction of sp³-hybridized carbons (Fsp3) is 0.688. The number of hydrogen-bond donors (Lipinski definition) is 0. The summed E-state index contributed by atoms with van der Waals surface area (Å²) in [6.07, 6.45) is 2.28. The van der Waals surface area contributed by atoms with Crippen LogP contribution in [0.4, 0.5) is 0 Å². The van der Waals surface area contributed by atoms with Crippen molar-refractivity contribution in [1.29, 1.82) is 0 Å². The number of thiazole rings is 1. The Labute approximate surface area is 140 Å². The van der Waals surface area contributed by atoms with Gasteiger partial charge in [0, 0.05) is 37.4 Å². The fourth-order valence-electron chi connectivity index (χ4n) is 2.90. The van der Waals surface area contributed by atoms with E-state index in [2.05, 4.69) is 39.3 Å². The highest BCUT2D eigenvalue weighted by Crippen LogP contribution is 2.27. The van der Waals surface area contributed by atoms with Gasteiger partial charge in [-0.05, 0) is 19.4 Å². The van der Waals surface area contributed by atoms with E-state index in [4.69, 9.17) is 9.26 Å². The number of likely N-dealkylation sites (tertiary alicyclic amines) is 1. The molecule has 0 bridgehead atoms. The Hall–Kier alpha value is -1.31. The highest BCUT2D eigenvalue weighted by molar-refractivity contribution is 7.09. The van der Waals surface area contributed by atoms with E-state index in [9.17, 15) is 0 Å². The highest BCUT2D eigenvalue weighted by Gasteiger charge is 2.26. The maximum atomic E-state index is 5.36. The van der Waals surface area contributed by atoms with Crippen LogP contribution in [0.2, 0.25) is 0 Å². The first-order valence-electron chi connectivity index (χ1n) is 8.13. The molecule has 1 aliphatic heterocycles. The minimum atomic E-state index is 0.283. The molecule has 0 radical (unpaired) electrons. The quantitative estimate of drug-likeness (QED) is 0.807. The maximum Gasteiger partial charge on any atom is 0.229 e. The summed E-state index contributed by atoms with van der Waals surface area (Å²) in [6.45, 7) is 7.69. The van der Waals surface area contributed by atoms with E-state index in [1.807, 2.05) is 0 Å². The zero-order chi connectivity index (χ0) is 16.2. The van der Waals surface area contributed by atoms with Gasteiger partial charge in [-0.1, -0.05) is 19.0 Å². The van der Waals surface area contributed by atoms with E-state index in [1.165, 1.54) is 0 Å². The number of piperidine rings is 1. The Morgan fingerprint density at radius 1 is 1.43 bits per heavy atom. The first kappa shape index (κ1) is 16.5. The topological polar surface area (TPSA) is 64.3 Å². The summed E-state index contributed by atoms with van der Waals surface area (Å²) in [5.41, 5.74) is 1.12. The van der Waals surface area contributed by atoms with Crippen molar-refractivity contribution in [3.8, 4) is 0 Å². The van der Waals surface area contributed by atoms with Gasteiger partial charge in [-0.3, -0.25) is 4.90 Å². The van der Waals surface area contributed by atoms with E-state index in [1.54, 1.807) is 18.4 Å². The molecule has 0 saturated carbocycles. The van der Waals surface area contributed by atoms with Crippen LogP contribution in [0.3, 0.4) is 0 Å². The highest BCUT2D eigenvalue weighted by atomic mass is 32.1. The Bertz CT molecular complexity index is 625. The monoisotopic (exact) mass is 336 g/mol. The van der Waals surface area contributed by atoms with E-state index in [0.717, 1.165) is 54.9 Å². The zero-order valence-electron chi connectivity index (χ0n) is 14.0. The lowest BCUT2D eigenvalue weighted by atomic mass is 9.97. The molecule has 0 aliphatic carbocycles. The normalized spacial score (nSPS) is 19.6. The van der Waals surface area contributed by atoms with Crippen molar-refractivity contribution in [3.05, 3.63) is 27.8 Å². The standard InChI is InChI=1S/C16H24N4O2S/c1-11(2)16-18-15(19-22-16)12-5-4-6-20(7-12)8-13-10-23-14(17-13)9-21-3/h10-12H,4-9H2,1-3H3. The van der Waals surface area contributed by atoms with Gasteiger partial charge in [-0.25, -0.2) is 4.98 Å². The van der Waals surface area contributed by atoms with Crippen LogP contribution in [-0.2, 0) is 17.9 Å². The van der Waals surface area contributed by atoms with Gasteiger partial charge in [0.2, 0.25) is 5.89 Å². The van der Waals surface area contributed by atoms with Gasteiger partial charge in [0.05, 0.1) is 12.3 Å². The Morgan fingerprint density at radius 2 is 2.30 bits per heavy atom. The summed E-state index contributed by atoms with van der Waals surface area (Å²) in [7, 11) is 1.70. The molecule has 1 atom stereocenters. The van der Waals surface area contributed by atoms with Gasteiger partial charge in [0.15, 0.2) is 5.82 Å². The molecule has 1 fully saturated rings. The first-order valence-corrected chi connectivity index (χ1v) is 9.01. The lowest BCUT2D eigenvalue weighted by Crippen LogP contribution is -2.34. The number of rotatable bonds is 6. The van der Waals surface area contributed by atoms with Gasteiger partial charge in [-0.2, -0.15) is 4.98 Å². The summed E-state index contributed by atoms with van der Waals surface area (Å²) in [6, 6.07) is 0. The second kappa shape index (κ2) is 7.51. The van der Waals surface area contributed by atoms with Crippen LogP contribution in [0, 0.1) is 0 Å². The summed E-state index contributed by atoms with van der Waals surface area (Å²) < 4.78 is 10.5. The second-order valence-corrected chi connectivity index (χ2v) is 7.33. The van der Waals surface area contributed by atoms with Crippen molar-refractivity contribution in [2.45, 2.75) is 51.7 Å². The molecule has 0 aromatic carbocycles. The van der Waals surface area contributed by atoms with Crippen molar-refractivity contribution in [2.75, 3.05) is 20.2 Å². The minimum absolute atomic E-state index is 0.283. The summed E-state index contributed by atoms with van der Waals surface area (Å²) in [5, 5.41) is 7.35. The smallest absolute Gasteiger partial charge is 0.229 e. The molecule has 1 aliphatic rings. The van der Waals surface area contributed by atoms with Gasteiger partial charge >= 0.3 is 0 Å². The van der Waals surface area contributed by atoms with Gasteiger partial charge in [0.1, 0.15) is 5.01 Å². The van der Waals surface area contributed by atoms with Crippen LogP contribution in [0.25, 0.3) is 0 Å². The molecule has 0 N–H and O–H groups in total. The SMILES string of the molecule is COCc1nc(CN2CCCC(c3noc(C(C)C)n3)C2)cs1. The molecular formula is C16H24N4O2S. The molecule has 3 heterocycles. The van der Waals surface area contributed by atoms with Gasteiger partial charge < -0.3 is 9.26 Å². The molecule has 3 rings (SSSR count). The van der Waals surface area contributed by atoms with Crippen molar-refractivity contribution < 1.29 is 9.26 Å². The largest absolute Gasteiger partial charge is 0.378 e. The van der Waals surface area contributed by atoms with E-state index >= 15 is 0 Å². The third-order valence-corrected chi connectivity index (χ3v) is 4.95.